The molecule has 0 amide bonds. The molecule has 6 nitrogen and oxygen atoms in total. The summed E-state index contributed by atoms with van der Waals surface area (Å²) in [5.41, 5.74) is 3.53. The summed E-state index contributed by atoms with van der Waals surface area (Å²) in [6.07, 6.45) is 0. The van der Waals surface area contributed by atoms with Gasteiger partial charge in [-0.25, -0.2) is 0 Å². The maximum atomic E-state index is 10.1. The molecule has 1 saturated heterocycles. The second-order valence-electron chi connectivity index (χ2n) is 7.37. The Hall–Kier alpha value is -2.73. The Balaban J connectivity index is 1.58. The lowest BCUT2D eigenvalue weighted by molar-refractivity contribution is 0.369. The second kappa shape index (κ2) is 9.46. The number of nitrogens with zero attached hydrogens (tertiary/aromatic N) is 4. The Labute approximate surface area is 168 Å². The van der Waals surface area contributed by atoms with Crippen LogP contribution in [0.25, 0.3) is 0 Å². The van der Waals surface area contributed by atoms with E-state index in [0.717, 1.165) is 50.9 Å². The molecule has 0 unspecified atom stereocenters. The minimum Gasteiger partial charge on any atom is -0.506 e. The molecule has 2 aromatic carbocycles. The highest BCUT2D eigenvalue weighted by atomic mass is 16.3. The molecule has 0 radical (unpaired) electrons. The smallest absolute Gasteiger partial charge is 0.194 e. The van der Waals surface area contributed by atoms with Crippen molar-refractivity contribution in [3.63, 3.8) is 0 Å². The standard InChI is InChI=1S/C22H31N5O/c1-23-22(24-16-18-8-4-5-9-19(18)17-25(2)3)27-14-12-26(13-15-27)20-10-6-7-11-21(20)28/h4-11,28H,12-17H2,1-3H3,(H,23,24). The van der Waals surface area contributed by atoms with Gasteiger partial charge in [0.2, 0.25) is 0 Å². The lowest BCUT2D eigenvalue weighted by Crippen LogP contribution is -2.52. The molecule has 2 aromatic rings. The van der Waals surface area contributed by atoms with Gasteiger partial charge in [0.15, 0.2) is 5.96 Å². The topological polar surface area (TPSA) is 54.3 Å². The number of hydrogen-bond donors (Lipinski definition) is 2. The zero-order valence-electron chi connectivity index (χ0n) is 17.1. The summed E-state index contributed by atoms with van der Waals surface area (Å²) in [5.74, 6) is 1.27. The molecule has 1 aliphatic rings. The fourth-order valence-corrected chi connectivity index (χ4v) is 3.62. The number of phenols is 1. The van der Waals surface area contributed by atoms with Crippen LogP contribution in [0, 0.1) is 0 Å². The average molecular weight is 382 g/mol. The van der Waals surface area contributed by atoms with Crippen molar-refractivity contribution >= 4 is 11.6 Å². The van der Waals surface area contributed by atoms with E-state index in [1.54, 1.807) is 6.07 Å². The lowest BCUT2D eigenvalue weighted by atomic mass is 10.1. The molecule has 2 N–H and O–H groups in total. The summed E-state index contributed by atoms with van der Waals surface area (Å²) in [4.78, 5) is 11.2. The summed E-state index contributed by atoms with van der Waals surface area (Å²) in [7, 11) is 6.02. The Morgan fingerprint density at radius 1 is 1.00 bits per heavy atom. The fourth-order valence-electron chi connectivity index (χ4n) is 3.62. The van der Waals surface area contributed by atoms with Gasteiger partial charge in [-0.3, -0.25) is 4.99 Å². The van der Waals surface area contributed by atoms with Gasteiger partial charge in [0.25, 0.3) is 0 Å². The molecule has 150 valence electrons. The first-order valence-corrected chi connectivity index (χ1v) is 9.78. The molecule has 0 spiro atoms. The van der Waals surface area contributed by atoms with Gasteiger partial charge in [-0.15, -0.1) is 0 Å². The van der Waals surface area contributed by atoms with E-state index in [1.807, 2.05) is 25.2 Å². The highest BCUT2D eigenvalue weighted by molar-refractivity contribution is 5.80. The average Bonchev–Trinajstić information content (AvgIpc) is 2.70. The Bertz CT molecular complexity index is 797. The number of phenolic OH excluding ortho intramolecular Hbond substituents is 1. The maximum absolute atomic E-state index is 10.1. The lowest BCUT2D eigenvalue weighted by Gasteiger charge is -2.37. The number of para-hydroxylation sites is 2. The largest absolute Gasteiger partial charge is 0.506 e. The van der Waals surface area contributed by atoms with Crippen LogP contribution in [0.3, 0.4) is 0 Å². The minimum atomic E-state index is 0.343. The molecule has 28 heavy (non-hydrogen) atoms. The van der Waals surface area contributed by atoms with Crippen LogP contribution in [0.1, 0.15) is 11.1 Å². The van der Waals surface area contributed by atoms with Crippen molar-refractivity contribution in [2.24, 2.45) is 4.99 Å². The van der Waals surface area contributed by atoms with Gasteiger partial charge in [0.05, 0.1) is 5.69 Å². The number of aromatic hydroxyl groups is 1. The van der Waals surface area contributed by atoms with E-state index < -0.39 is 0 Å². The van der Waals surface area contributed by atoms with E-state index in [2.05, 4.69) is 63.4 Å². The van der Waals surface area contributed by atoms with Crippen molar-refractivity contribution in [3.8, 4) is 5.75 Å². The van der Waals surface area contributed by atoms with Crippen molar-refractivity contribution < 1.29 is 5.11 Å². The molecule has 0 aromatic heterocycles. The van der Waals surface area contributed by atoms with E-state index >= 15 is 0 Å². The van der Waals surface area contributed by atoms with E-state index in [0.29, 0.717) is 5.75 Å². The number of piperazine rings is 1. The van der Waals surface area contributed by atoms with Crippen molar-refractivity contribution in [1.82, 2.24) is 15.1 Å². The van der Waals surface area contributed by atoms with Gasteiger partial charge in [-0.1, -0.05) is 36.4 Å². The van der Waals surface area contributed by atoms with Crippen LogP contribution in [0.4, 0.5) is 5.69 Å². The predicted octanol–water partition coefficient (Wildman–Crippen LogP) is 2.35. The first-order chi connectivity index (χ1) is 13.6. The molecular weight excluding hydrogens is 350 g/mol. The van der Waals surface area contributed by atoms with E-state index in [4.69, 9.17) is 0 Å². The molecule has 6 heteroatoms. The zero-order chi connectivity index (χ0) is 19.9. The van der Waals surface area contributed by atoms with E-state index in [-0.39, 0.29) is 0 Å². The highest BCUT2D eigenvalue weighted by Crippen LogP contribution is 2.27. The summed E-state index contributed by atoms with van der Waals surface area (Å²) in [6.45, 7) is 5.14. The van der Waals surface area contributed by atoms with Gasteiger partial charge >= 0.3 is 0 Å². The molecule has 0 atom stereocenters. The van der Waals surface area contributed by atoms with Crippen molar-refractivity contribution in [2.45, 2.75) is 13.1 Å². The fraction of sp³-hybridized carbons (Fsp3) is 0.409. The first kappa shape index (κ1) is 20.0. The van der Waals surface area contributed by atoms with E-state index in [9.17, 15) is 5.11 Å². The number of aliphatic imine (C=N–C) groups is 1. The molecular formula is C22H31N5O. The SMILES string of the molecule is CN=C(NCc1ccccc1CN(C)C)N1CCN(c2ccccc2O)CC1. The first-order valence-electron chi connectivity index (χ1n) is 9.78. The van der Waals surface area contributed by atoms with Crippen molar-refractivity contribution in [3.05, 3.63) is 59.7 Å². The van der Waals surface area contributed by atoms with Crippen molar-refractivity contribution in [1.29, 1.82) is 0 Å². The molecule has 1 aliphatic heterocycles. The van der Waals surface area contributed by atoms with Gasteiger partial charge in [-0.05, 0) is 37.4 Å². The van der Waals surface area contributed by atoms with Gasteiger partial charge in [0.1, 0.15) is 5.75 Å². The number of rotatable bonds is 5. The normalized spacial score (nSPS) is 15.2. The Morgan fingerprint density at radius 2 is 1.64 bits per heavy atom. The summed E-state index contributed by atoms with van der Waals surface area (Å²) < 4.78 is 0. The van der Waals surface area contributed by atoms with Crippen LogP contribution in [0.5, 0.6) is 5.75 Å². The number of nitrogens with one attached hydrogen (secondary N) is 1. The summed E-state index contributed by atoms with van der Waals surface area (Å²) in [5, 5.41) is 13.6. The van der Waals surface area contributed by atoms with E-state index in [1.165, 1.54) is 11.1 Å². The monoisotopic (exact) mass is 381 g/mol. The third-order valence-corrected chi connectivity index (χ3v) is 5.06. The number of benzene rings is 2. The molecule has 3 rings (SSSR count). The quantitative estimate of drug-likeness (QED) is 0.615. The molecule has 0 bridgehead atoms. The molecule has 0 saturated carbocycles. The van der Waals surface area contributed by atoms with Crippen LogP contribution >= 0.6 is 0 Å². The molecule has 0 aliphatic carbocycles. The van der Waals surface area contributed by atoms with Gasteiger partial charge in [-0.2, -0.15) is 0 Å². The van der Waals surface area contributed by atoms with Gasteiger partial charge < -0.3 is 25.1 Å². The van der Waals surface area contributed by atoms with Crippen LogP contribution < -0.4 is 10.2 Å². The van der Waals surface area contributed by atoms with Gasteiger partial charge in [0, 0.05) is 46.3 Å². The Kier molecular flexibility index (Phi) is 6.76. The third-order valence-electron chi connectivity index (χ3n) is 5.06. The summed E-state index contributed by atoms with van der Waals surface area (Å²) in [6, 6.07) is 16.1. The number of anilines is 1. The second-order valence-corrected chi connectivity index (χ2v) is 7.37. The zero-order valence-corrected chi connectivity index (χ0v) is 17.1. The highest BCUT2D eigenvalue weighted by Gasteiger charge is 2.21. The number of hydrogen-bond acceptors (Lipinski definition) is 4. The van der Waals surface area contributed by atoms with Crippen LogP contribution in [0.2, 0.25) is 0 Å². The Morgan fingerprint density at radius 3 is 2.29 bits per heavy atom. The third kappa shape index (κ3) is 4.95. The summed E-state index contributed by atoms with van der Waals surface area (Å²) >= 11 is 0. The molecule has 1 heterocycles. The van der Waals surface area contributed by atoms with Crippen LogP contribution in [-0.2, 0) is 13.1 Å². The predicted molar refractivity (Wildman–Crippen MR) is 116 cm³/mol. The van der Waals surface area contributed by atoms with Crippen LogP contribution in [0.15, 0.2) is 53.5 Å². The number of guanidine groups is 1. The molecule has 1 fully saturated rings. The van der Waals surface area contributed by atoms with Crippen molar-refractivity contribution in [2.75, 3.05) is 52.2 Å². The minimum absolute atomic E-state index is 0.343. The van der Waals surface area contributed by atoms with Crippen LogP contribution in [-0.4, -0.2) is 68.2 Å². The maximum Gasteiger partial charge on any atom is 0.194 e.